The number of carbonyl (C=O) groups excluding carboxylic acids is 1. The highest BCUT2D eigenvalue weighted by Crippen LogP contribution is 2.30. The first-order chi connectivity index (χ1) is 9.24. The standard InChI is InChI=1S/C13H21N5O/c1-14-13(19)9-18-8-11(6-15-18)16-10-4-5-17(7-10)12-2-3-12/h6,8,10,12,16H,2-5,7,9H2,1H3,(H,14,19). The highest BCUT2D eigenvalue weighted by atomic mass is 16.1. The number of likely N-dealkylation sites (N-methyl/N-ethyl adjacent to an activating group) is 1. The van der Waals surface area contributed by atoms with Crippen molar-refractivity contribution in [3.05, 3.63) is 12.4 Å². The molecule has 1 amide bonds. The van der Waals surface area contributed by atoms with Gasteiger partial charge in [0.05, 0.1) is 11.9 Å². The summed E-state index contributed by atoms with van der Waals surface area (Å²) < 4.78 is 1.66. The van der Waals surface area contributed by atoms with E-state index >= 15 is 0 Å². The van der Waals surface area contributed by atoms with Gasteiger partial charge in [-0.3, -0.25) is 14.4 Å². The van der Waals surface area contributed by atoms with Crippen LogP contribution < -0.4 is 10.6 Å². The van der Waals surface area contributed by atoms with E-state index in [9.17, 15) is 4.79 Å². The van der Waals surface area contributed by atoms with Crippen LogP contribution in [-0.4, -0.2) is 52.8 Å². The summed E-state index contributed by atoms with van der Waals surface area (Å²) >= 11 is 0. The average Bonchev–Trinajstić information content (AvgIpc) is 3.01. The molecule has 1 saturated carbocycles. The smallest absolute Gasteiger partial charge is 0.241 e. The van der Waals surface area contributed by atoms with Gasteiger partial charge in [-0.05, 0) is 19.3 Å². The number of aromatic nitrogens is 2. The van der Waals surface area contributed by atoms with Crippen LogP contribution in [-0.2, 0) is 11.3 Å². The van der Waals surface area contributed by atoms with Crippen LogP contribution in [0.4, 0.5) is 5.69 Å². The largest absolute Gasteiger partial charge is 0.378 e. The van der Waals surface area contributed by atoms with Crippen molar-refractivity contribution in [1.82, 2.24) is 20.0 Å². The Hall–Kier alpha value is -1.56. The Balaban J connectivity index is 1.51. The number of hydrogen-bond acceptors (Lipinski definition) is 4. The third-order valence-electron chi connectivity index (χ3n) is 3.87. The Morgan fingerprint density at radius 3 is 3.05 bits per heavy atom. The monoisotopic (exact) mass is 263 g/mol. The molecule has 6 heteroatoms. The lowest BCUT2D eigenvalue weighted by Crippen LogP contribution is -2.27. The van der Waals surface area contributed by atoms with Crippen molar-refractivity contribution < 1.29 is 4.79 Å². The number of anilines is 1. The lowest BCUT2D eigenvalue weighted by molar-refractivity contribution is -0.121. The molecule has 0 spiro atoms. The van der Waals surface area contributed by atoms with E-state index in [0.717, 1.165) is 18.3 Å². The van der Waals surface area contributed by atoms with Crippen molar-refractivity contribution in [1.29, 1.82) is 0 Å². The molecule has 1 atom stereocenters. The molecule has 0 aromatic carbocycles. The Morgan fingerprint density at radius 1 is 1.47 bits per heavy atom. The number of amides is 1. The maximum Gasteiger partial charge on any atom is 0.241 e. The molecule has 6 nitrogen and oxygen atoms in total. The fourth-order valence-corrected chi connectivity index (χ4v) is 2.66. The summed E-state index contributed by atoms with van der Waals surface area (Å²) in [6.45, 7) is 2.61. The topological polar surface area (TPSA) is 62.2 Å². The molecule has 2 aliphatic rings. The van der Waals surface area contributed by atoms with E-state index < -0.39 is 0 Å². The van der Waals surface area contributed by atoms with E-state index in [1.54, 1.807) is 17.9 Å². The maximum absolute atomic E-state index is 11.3. The molecule has 19 heavy (non-hydrogen) atoms. The molecule has 1 aromatic rings. The molecule has 2 fully saturated rings. The van der Waals surface area contributed by atoms with Crippen LogP contribution in [0.25, 0.3) is 0 Å². The van der Waals surface area contributed by atoms with Gasteiger partial charge in [0.25, 0.3) is 0 Å². The van der Waals surface area contributed by atoms with Gasteiger partial charge in [-0.25, -0.2) is 0 Å². The second-order valence-corrected chi connectivity index (χ2v) is 5.46. The van der Waals surface area contributed by atoms with Crippen LogP contribution in [0.2, 0.25) is 0 Å². The van der Waals surface area contributed by atoms with Gasteiger partial charge in [-0.1, -0.05) is 0 Å². The molecule has 1 aliphatic heterocycles. The molecule has 1 unspecified atom stereocenters. The Morgan fingerprint density at radius 2 is 2.32 bits per heavy atom. The molecule has 104 valence electrons. The number of nitrogens with one attached hydrogen (secondary N) is 2. The van der Waals surface area contributed by atoms with Crippen LogP contribution in [0.5, 0.6) is 0 Å². The first-order valence-corrected chi connectivity index (χ1v) is 6.98. The van der Waals surface area contributed by atoms with Gasteiger partial charge in [-0.2, -0.15) is 5.10 Å². The van der Waals surface area contributed by atoms with Gasteiger partial charge in [0.1, 0.15) is 6.54 Å². The van der Waals surface area contributed by atoms with Crippen molar-refractivity contribution in [2.75, 3.05) is 25.5 Å². The number of likely N-dealkylation sites (tertiary alicyclic amines) is 1. The predicted molar refractivity (Wildman–Crippen MR) is 72.9 cm³/mol. The average molecular weight is 263 g/mol. The van der Waals surface area contributed by atoms with Crippen LogP contribution in [0.3, 0.4) is 0 Å². The summed E-state index contributed by atoms with van der Waals surface area (Å²) in [7, 11) is 1.63. The first kappa shape index (κ1) is 12.5. The third kappa shape index (κ3) is 3.07. The number of carbonyl (C=O) groups is 1. The zero-order valence-corrected chi connectivity index (χ0v) is 11.3. The van der Waals surface area contributed by atoms with E-state index in [-0.39, 0.29) is 12.5 Å². The fourth-order valence-electron chi connectivity index (χ4n) is 2.66. The quantitative estimate of drug-likeness (QED) is 0.801. The minimum absolute atomic E-state index is 0.0320. The molecule has 1 saturated heterocycles. The normalized spacial score (nSPS) is 23.5. The first-order valence-electron chi connectivity index (χ1n) is 6.98. The second-order valence-electron chi connectivity index (χ2n) is 5.46. The van der Waals surface area contributed by atoms with Gasteiger partial charge in [0.15, 0.2) is 0 Å². The SMILES string of the molecule is CNC(=O)Cn1cc(NC2CCN(C3CC3)C2)cn1. The number of nitrogens with zero attached hydrogens (tertiary/aromatic N) is 3. The van der Waals surface area contributed by atoms with Crippen molar-refractivity contribution in [2.24, 2.45) is 0 Å². The molecule has 0 bridgehead atoms. The van der Waals surface area contributed by atoms with Crippen LogP contribution in [0.15, 0.2) is 12.4 Å². The lowest BCUT2D eigenvalue weighted by Gasteiger charge is -2.15. The zero-order valence-electron chi connectivity index (χ0n) is 11.3. The number of hydrogen-bond donors (Lipinski definition) is 2. The lowest BCUT2D eigenvalue weighted by atomic mass is 10.2. The molecule has 0 radical (unpaired) electrons. The third-order valence-corrected chi connectivity index (χ3v) is 3.87. The summed E-state index contributed by atoms with van der Waals surface area (Å²) in [5.41, 5.74) is 1.01. The molecule has 1 aliphatic carbocycles. The summed E-state index contributed by atoms with van der Waals surface area (Å²) in [6.07, 6.45) is 7.63. The summed E-state index contributed by atoms with van der Waals surface area (Å²) in [5.74, 6) is -0.0320. The molecular weight excluding hydrogens is 242 g/mol. The van der Waals surface area contributed by atoms with Crippen LogP contribution in [0.1, 0.15) is 19.3 Å². The minimum atomic E-state index is -0.0320. The van der Waals surface area contributed by atoms with E-state index in [4.69, 9.17) is 0 Å². The van der Waals surface area contributed by atoms with E-state index in [0.29, 0.717) is 6.04 Å². The van der Waals surface area contributed by atoms with E-state index in [1.807, 2.05) is 6.20 Å². The number of rotatable bonds is 5. The van der Waals surface area contributed by atoms with Crippen LogP contribution >= 0.6 is 0 Å². The predicted octanol–water partition coefficient (Wildman–Crippen LogP) is 0.278. The summed E-state index contributed by atoms with van der Waals surface area (Å²) in [4.78, 5) is 13.8. The zero-order chi connectivity index (χ0) is 13.2. The van der Waals surface area contributed by atoms with E-state index in [2.05, 4.69) is 20.6 Å². The van der Waals surface area contributed by atoms with Gasteiger partial charge in [0, 0.05) is 38.4 Å². The summed E-state index contributed by atoms with van der Waals surface area (Å²) in [5, 5.41) is 10.3. The fraction of sp³-hybridized carbons (Fsp3) is 0.692. The van der Waals surface area contributed by atoms with Crippen molar-refractivity contribution in [3.63, 3.8) is 0 Å². The van der Waals surface area contributed by atoms with Crippen molar-refractivity contribution in [2.45, 2.75) is 37.9 Å². The van der Waals surface area contributed by atoms with E-state index in [1.165, 1.54) is 25.8 Å². The van der Waals surface area contributed by atoms with Crippen molar-refractivity contribution in [3.8, 4) is 0 Å². The maximum atomic E-state index is 11.3. The molecular formula is C13H21N5O. The van der Waals surface area contributed by atoms with Gasteiger partial charge >= 0.3 is 0 Å². The Labute approximate surface area is 113 Å². The molecule has 1 aromatic heterocycles. The van der Waals surface area contributed by atoms with Gasteiger partial charge in [0.2, 0.25) is 5.91 Å². The molecule has 3 rings (SSSR count). The summed E-state index contributed by atoms with van der Waals surface area (Å²) in [6, 6.07) is 1.36. The van der Waals surface area contributed by atoms with Gasteiger partial charge in [-0.15, -0.1) is 0 Å². The highest BCUT2D eigenvalue weighted by Gasteiger charge is 2.34. The Bertz CT molecular complexity index is 454. The second kappa shape index (κ2) is 5.21. The molecule has 2 heterocycles. The van der Waals surface area contributed by atoms with Gasteiger partial charge < -0.3 is 10.6 Å². The van der Waals surface area contributed by atoms with Crippen molar-refractivity contribution >= 4 is 11.6 Å². The van der Waals surface area contributed by atoms with Crippen LogP contribution in [0, 0.1) is 0 Å². The minimum Gasteiger partial charge on any atom is -0.378 e. The highest BCUT2D eigenvalue weighted by molar-refractivity contribution is 5.75. The Kier molecular flexibility index (Phi) is 3.42. The molecule has 2 N–H and O–H groups in total.